The largest absolute Gasteiger partial charge is 0.416 e. The van der Waals surface area contributed by atoms with Crippen molar-refractivity contribution in [3.63, 3.8) is 0 Å². The molecular weight excluding hydrogens is 507 g/mol. The second-order valence-electron chi connectivity index (χ2n) is 8.43. The average Bonchev–Trinajstić information content (AvgIpc) is 2.84. The minimum atomic E-state index is -4.63. The highest BCUT2D eigenvalue weighted by Crippen LogP contribution is 2.50. The summed E-state index contributed by atoms with van der Waals surface area (Å²) in [6.07, 6.45) is -0.609. The zero-order valence-electron chi connectivity index (χ0n) is 18.3. The Hall–Kier alpha value is -2.53. The Bertz CT molecular complexity index is 1280. The number of alkyl halides is 3. The topological polar surface area (TPSA) is 59.9 Å². The Kier molecular flexibility index (Phi) is 7.19. The third kappa shape index (κ3) is 5.20. The first kappa shape index (κ1) is 25.6. The fourth-order valence-electron chi connectivity index (χ4n) is 4.44. The van der Waals surface area contributed by atoms with Gasteiger partial charge in [-0.3, -0.25) is 0 Å². The summed E-state index contributed by atoms with van der Waals surface area (Å²) in [6.45, 7) is 0. The maximum absolute atomic E-state index is 14.9. The number of sulfone groups is 1. The van der Waals surface area contributed by atoms with Crippen LogP contribution in [-0.4, -0.2) is 24.1 Å². The van der Waals surface area contributed by atoms with E-state index >= 15 is 0 Å². The van der Waals surface area contributed by atoms with Crippen LogP contribution in [0.4, 0.5) is 22.0 Å². The molecule has 1 fully saturated rings. The lowest BCUT2D eigenvalue weighted by atomic mass is 9.78. The van der Waals surface area contributed by atoms with Crippen molar-refractivity contribution >= 4 is 21.6 Å². The molecule has 1 aliphatic carbocycles. The van der Waals surface area contributed by atoms with Gasteiger partial charge in [0, 0.05) is 23.7 Å². The molecule has 2 aromatic carbocycles. The van der Waals surface area contributed by atoms with E-state index in [1.54, 1.807) is 18.5 Å². The van der Waals surface area contributed by atoms with Crippen molar-refractivity contribution in [3.8, 4) is 0 Å². The van der Waals surface area contributed by atoms with E-state index in [4.69, 9.17) is 0 Å². The van der Waals surface area contributed by atoms with Gasteiger partial charge in [0.15, 0.2) is 15.0 Å². The number of nitrogens with zero attached hydrogens (tertiary/aromatic N) is 2. The van der Waals surface area contributed by atoms with E-state index in [1.165, 1.54) is 11.8 Å². The van der Waals surface area contributed by atoms with Crippen LogP contribution < -0.4 is 0 Å². The molecule has 0 spiro atoms. The van der Waals surface area contributed by atoms with Gasteiger partial charge in [-0.2, -0.15) is 13.2 Å². The molecule has 1 saturated carbocycles. The molecule has 0 atom stereocenters. The van der Waals surface area contributed by atoms with Gasteiger partial charge in [0.2, 0.25) is 0 Å². The van der Waals surface area contributed by atoms with Crippen LogP contribution in [0.3, 0.4) is 0 Å². The van der Waals surface area contributed by atoms with E-state index in [0.29, 0.717) is 35.9 Å². The molecule has 186 valence electrons. The first-order valence-electron chi connectivity index (χ1n) is 10.8. The van der Waals surface area contributed by atoms with Crippen LogP contribution in [0.5, 0.6) is 0 Å². The second kappa shape index (κ2) is 9.85. The third-order valence-electron chi connectivity index (χ3n) is 6.33. The molecule has 4 nitrogen and oxygen atoms in total. The number of hydrogen-bond donors (Lipinski definition) is 0. The van der Waals surface area contributed by atoms with Crippen molar-refractivity contribution in [1.29, 1.82) is 0 Å². The third-order valence-corrected chi connectivity index (χ3v) is 9.99. The second-order valence-corrected chi connectivity index (χ2v) is 11.7. The number of benzene rings is 2. The highest BCUT2D eigenvalue weighted by Gasteiger charge is 2.50. The van der Waals surface area contributed by atoms with Gasteiger partial charge in [-0.05, 0) is 80.1 Å². The van der Waals surface area contributed by atoms with Gasteiger partial charge in [0.05, 0.1) is 10.5 Å². The average molecular weight is 529 g/mol. The smallest absolute Gasteiger partial charge is 0.231 e. The minimum absolute atomic E-state index is 0.00238. The molecule has 4 rings (SSSR count). The molecule has 0 bridgehead atoms. The van der Waals surface area contributed by atoms with Crippen LogP contribution in [0.1, 0.15) is 36.8 Å². The first-order valence-corrected chi connectivity index (χ1v) is 13.3. The molecular formula is C24H21F5N2O2S2. The molecule has 0 saturated heterocycles. The Balaban J connectivity index is 1.67. The Labute approximate surface area is 203 Å². The van der Waals surface area contributed by atoms with Crippen molar-refractivity contribution in [2.45, 2.75) is 46.7 Å². The van der Waals surface area contributed by atoms with Gasteiger partial charge < -0.3 is 0 Å². The summed E-state index contributed by atoms with van der Waals surface area (Å²) in [5, 5.41) is 0.581. The van der Waals surface area contributed by atoms with Crippen LogP contribution in [0, 0.1) is 17.6 Å². The van der Waals surface area contributed by atoms with Crippen LogP contribution >= 0.6 is 11.8 Å². The lowest BCUT2D eigenvalue weighted by Gasteiger charge is -2.40. The van der Waals surface area contributed by atoms with Crippen LogP contribution in [0.25, 0.3) is 0 Å². The van der Waals surface area contributed by atoms with Crippen LogP contribution in [0.15, 0.2) is 71.0 Å². The molecule has 35 heavy (non-hydrogen) atoms. The van der Waals surface area contributed by atoms with Gasteiger partial charge in [-0.15, -0.1) is 0 Å². The summed E-state index contributed by atoms with van der Waals surface area (Å²) < 4.78 is 93.9. The number of halogens is 5. The molecule has 0 radical (unpaired) electrons. The van der Waals surface area contributed by atoms with Gasteiger partial charge in [-0.25, -0.2) is 27.2 Å². The highest BCUT2D eigenvalue weighted by molar-refractivity contribution is 7.99. The summed E-state index contributed by atoms with van der Waals surface area (Å²) in [6, 6.07) is 7.48. The highest BCUT2D eigenvalue weighted by atomic mass is 32.2. The Morgan fingerprint density at radius 1 is 0.971 bits per heavy atom. The lowest BCUT2D eigenvalue weighted by Crippen LogP contribution is -2.41. The fourth-order valence-corrected chi connectivity index (χ4v) is 7.59. The zero-order valence-corrected chi connectivity index (χ0v) is 19.9. The van der Waals surface area contributed by atoms with Gasteiger partial charge in [0.1, 0.15) is 16.4 Å². The van der Waals surface area contributed by atoms with Gasteiger partial charge in [0.25, 0.3) is 0 Å². The molecule has 3 aromatic rings. The van der Waals surface area contributed by atoms with Crippen molar-refractivity contribution < 1.29 is 30.4 Å². The Morgan fingerprint density at radius 2 is 1.60 bits per heavy atom. The van der Waals surface area contributed by atoms with Crippen molar-refractivity contribution in [3.05, 3.63) is 83.7 Å². The summed E-state index contributed by atoms with van der Waals surface area (Å²) in [4.78, 5) is 7.94. The standard InChI is InChI=1S/C24H21F5N2O2S2/c25-18-4-7-21(26)20(14-18)23(35(32,33)19-5-2-17(3-6-19)24(27,28)29)10-8-16(9-11-23)15-34-22-30-12-1-13-31-22/h1-7,12-14,16H,8-11,15H2. The molecule has 1 aliphatic rings. The molecule has 11 heteroatoms. The summed E-state index contributed by atoms with van der Waals surface area (Å²) in [7, 11) is -4.37. The van der Waals surface area contributed by atoms with E-state index < -0.39 is 38.0 Å². The lowest BCUT2D eigenvalue weighted by molar-refractivity contribution is -0.137. The van der Waals surface area contributed by atoms with Crippen LogP contribution in [0.2, 0.25) is 0 Å². The number of rotatable bonds is 6. The first-order chi connectivity index (χ1) is 16.5. The SMILES string of the molecule is O=S(=O)(c1ccc(C(F)(F)F)cc1)C1(c2cc(F)ccc2F)CCC(CSc2ncccn2)CC1. The molecule has 1 aromatic heterocycles. The van der Waals surface area contributed by atoms with E-state index in [0.717, 1.165) is 30.3 Å². The van der Waals surface area contributed by atoms with Gasteiger partial charge in [-0.1, -0.05) is 11.8 Å². The van der Waals surface area contributed by atoms with Crippen LogP contribution in [-0.2, 0) is 20.8 Å². The number of aromatic nitrogens is 2. The molecule has 0 unspecified atom stereocenters. The quantitative estimate of drug-likeness (QED) is 0.210. The van der Waals surface area contributed by atoms with E-state index in [2.05, 4.69) is 9.97 Å². The Morgan fingerprint density at radius 3 is 2.20 bits per heavy atom. The summed E-state index contributed by atoms with van der Waals surface area (Å²) in [5.74, 6) is -0.961. The minimum Gasteiger partial charge on any atom is -0.231 e. The zero-order chi connectivity index (χ0) is 25.3. The van der Waals surface area contributed by atoms with E-state index in [1.807, 2.05) is 0 Å². The summed E-state index contributed by atoms with van der Waals surface area (Å²) in [5.41, 5.74) is -1.29. The monoisotopic (exact) mass is 528 g/mol. The maximum atomic E-state index is 14.9. The predicted molar refractivity (Wildman–Crippen MR) is 121 cm³/mol. The van der Waals surface area contributed by atoms with E-state index in [-0.39, 0.29) is 29.2 Å². The maximum Gasteiger partial charge on any atom is 0.416 e. The van der Waals surface area contributed by atoms with E-state index in [9.17, 15) is 30.4 Å². The van der Waals surface area contributed by atoms with Crippen molar-refractivity contribution in [2.24, 2.45) is 5.92 Å². The van der Waals surface area contributed by atoms with Gasteiger partial charge >= 0.3 is 6.18 Å². The summed E-state index contributed by atoms with van der Waals surface area (Å²) >= 11 is 1.42. The molecule has 1 heterocycles. The molecule has 0 aliphatic heterocycles. The van der Waals surface area contributed by atoms with Crippen molar-refractivity contribution in [2.75, 3.05) is 5.75 Å². The molecule has 0 N–H and O–H groups in total. The molecule has 0 amide bonds. The fraction of sp³-hybridized carbons (Fsp3) is 0.333. The predicted octanol–water partition coefficient (Wildman–Crippen LogP) is 6.43. The van der Waals surface area contributed by atoms with Crippen molar-refractivity contribution in [1.82, 2.24) is 9.97 Å². The number of thioether (sulfide) groups is 1. The normalized spacial score (nSPS) is 21.1. The number of hydrogen-bond acceptors (Lipinski definition) is 5.